The summed E-state index contributed by atoms with van der Waals surface area (Å²) in [4.78, 5) is 5.16. The Morgan fingerprint density at radius 1 is 1.22 bits per heavy atom. The third-order valence-electron chi connectivity index (χ3n) is 2.50. The topological polar surface area (TPSA) is 38.9 Å². The van der Waals surface area contributed by atoms with E-state index in [1.165, 1.54) is 23.5 Å². The van der Waals surface area contributed by atoms with Gasteiger partial charge in [-0.15, -0.1) is 11.3 Å². The molecule has 0 fully saturated rings. The van der Waals surface area contributed by atoms with Crippen LogP contribution in [-0.4, -0.2) is 4.98 Å². The molecule has 0 bridgehead atoms. The molecule has 2 N–H and O–H groups in total. The molecule has 0 saturated carbocycles. The predicted molar refractivity (Wildman–Crippen MR) is 64.3 cm³/mol. The van der Waals surface area contributed by atoms with Crippen molar-refractivity contribution in [3.8, 4) is 0 Å². The zero-order chi connectivity index (χ0) is 13.3. The van der Waals surface area contributed by atoms with E-state index >= 15 is 0 Å². The molecule has 0 amide bonds. The van der Waals surface area contributed by atoms with Gasteiger partial charge < -0.3 is 5.73 Å². The van der Waals surface area contributed by atoms with Gasteiger partial charge in [-0.3, -0.25) is 0 Å². The fourth-order valence-corrected chi connectivity index (χ4v) is 2.34. The summed E-state index contributed by atoms with van der Waals surface area (Å²) in [5, 5.41) is 0.701. The number of nitrogens with two attached hydrogens (primary N) is 1. The lowest BCUT2D eigenvalue weighted by Gasteiger charge is -2.11. The minimum Gasteiger partial charge on any atom is -0.318 e. The summed E-state index contributed by atoms with van der Waals surface area (Å²) < 4.78 is 37.2. The molecule has 1 aromatic heterocycles. The normalized spacial score (nSPS) is 13.6. The lowest BCUT2D eigenvalue weighted by molar-refractivity contribution is -0.137. The summed E-state index contributed by atoms with van der Waals surface area (Å²) in [5.41, 5.74) is 5.91. The molecule has 96 valence electrons. The fourth-order valence-electron chi connectivity index (χ4n) is 1.54. The standard InChI is InChI=1S/C12H11F3N2S/c1-7-6-17-11(18-7)10(16)8-2-4-9(5-3-8)12(13,14)15/h2-6,10H,16H2,1H3. The minimum absolute atomic E-state index is 0.481. The summed E-state index contributed by atoms with van der Waals surface area (Å²) in [5.74, 6) is 0. The van der Waals surface area contributed by atoms with Crippen LogP contribution < -0.4 is 5.73 Å². The van der Waals surface area contributed by atoms with Crippen LogP contribution in [0.15, 0.2) is 30.5 Å². The molecule has 1 atom stereocenters. The van der Waals surface area contributed by atoms with Crippen molar-refractivity contribution in [1.82, 2.24) is 4.98 Å². The van der Waals surface area contributed by atoms with Gasteiger partial charge in [-0.05, 0) is 24.6 Å². The highest BCUT2D eigenvalue weighted by Gasteiger charge is 2.30. The second kappa shape index (κ2) is 4.70. The highest BCUT2D eigenvalue weighted by Crippen LogP contribution is 2.31. The molecule has 0 aliphatic carbocycles. The summed E-state index contributed by atoms with van der Waals surface area (Å²) >= 11 is 1.44. The fraction of sp³-hybridized carbons (Fsp3) is 0.250. The van der Waals surface area contributed by atoms with E-state index in [0.29, 0.717) is 10.6 Å². The van der Waals surface area contributed by atoms with E-state index in [-0.39, 0.29) is 0 Å². The molecule has 1 unspecified atom stereocenters. The summed E-state index contributed by atoms with van der Waals surface area (Å²) in [6.45, 7) is 1.90. The highest BCUT2D eigenvalue weighted by atomic mass is 32.1. The van der Waals surface area contributed by atoms with Gasteiger partial charge in [0.1, 0.15) is 5.01 Å². The molecular weight excluding hydrogens is 261 g/mol. The molecule has 18 heavy (non-hydrogen) atoms. The second-order valence-corrected chi connectivity index (χ2v) is 5.17. The van der Waals surface area contributed by atoms with Crippen LogP contribution in [-0.2, 0) is 6.18 Å². The summed E-state index contributed by atoms with van der Waals surface area (Å²) in [7, 11) is 0. The molecule has 2 rings (SSSR count). The van der Waals surface area contributed by atoms with Crippen LogP contribution in [0.3, 0.4) is 0 Å². The first kappa shape index (κ1) is 13.0. The lowest BCUT2D eigenvalue weighted by Crippen LogP contribution is -2.12. The number of aromatic nitrogens is 1. The van der Waals surface area contributed by atoms with Crippen LogP contribution in [0, 0.1) is 6.92 Å². The largest absolute Gasteiger partial charge is 0.416 e. The van der Waals surface area contributed by atoms with Crippen molar-refractivity contribution in [3.05, 3.63) is 51.5 Å². The molecule has 1 aromatic carbocycles. The molecular formula is C12H11F3N2S. The Hall–Kier alpha value is -1.40. The Bertz CT molecular complexity index is 531. The van der Waals surface area contributed by atoms with Crippen molar-refractivity contribution in [2.45, 2.75) is 19.1 Å². The van der Waals surface area contributed by atoms with Crippen LogP contribution in [0.5, 0.6) is 0 Å². The number of aryl methyl sites for hydroxylation is 1. The number of hydrogen-bond acceptors (Lipinski definition) is 3. The van der Waals surface area contributed by atoms with E-state index in [2.05, 4.69) is 4.98 Å². The Morgan fingerprint density at radius 2 is 1.83 bits per heavy atom. The molecule has 0 spiro atoms. The number of hydrogen-bond donors (Lipinski definition) is 1. The molecule has 0 radical (unpaired) electrons. The van der Waals surface area contributed by atoms with Gasteiger partial charge in [0, 0.05) is 11.1 Å². The van der Waals surface area contributed by atoms with Gasteiger partial charge in [0.15, 0.2) is 0 Å². The van der Waals surface area contributed by atoms with Gasteiger partial charge in [0.2, 0.25) is 0 Å². The molecule has 0 aliphatic heterocycles. The molecule has 0 saturated heterocycles. The van der Waals surface area contributed by atoms with Crippen molar-refractivity contribution in [3.63, 3.8) is 0 Å². The number of halogens is 3. The second-order valence-electron chi connectivity index (χ2n) is 3.91. The molecule has 2 nitrogen and oxygen atoms in total. The van der Waals surface area contributed by atoms with Crippen LogP contribution in [0.4, 0.5) is 13.2 Å². The first-order chi connectivity index (χ1) is 8.38. The van der Waals surface area contributed by atoms with Crippen LogP contribution in [0.25, 0.3) is 0 Å². The van der Waals surface area contributed by atoms with Gasteiger partial charge in [0.25, 0.3) is 0 Å². The van der Waals surface area contributed by atoms with Crippen LogP contribution in [0.2, 0.25) is 0 Å². The van der Waals surface area contributed by atoms with E-state index in [9.17, 15) is 13.2 Å². The van der Waals surface area contributed by atoms with E-state index in [4.69, 9.17) is 5.73 Å². The lowest BCUT2D eigenvalue weighted by atomic mass is 10.1. The monoisotopic (exact) mass is 272 g/mol. The third kappa shape index (κ3) is 2.70. The van der Waals surface area contributed by atoms with Crippen molar-refractivity contribution >= 4 is 11.3 Å². The maximum absolute atomic E-state index is 12.4. The van der Waals surface area contributed by atoms with Crippen molar-refractivity contribution in [2.24, 2.45) is 5.73 Å². The van der Waals surface area contributed by atoms with Gasteiger partial charge in [0.05, 0.1) is 11.6 Å². The number of alkyl halides is 3. The number of thiazole rings is 1. The number of nitrogens with zero attached hydrogens (tertiary/aromatic N) is 1. The zero-order valence-electron chi connectivity index (χ0n) is 9.53. The SMILES string of the molecule is Cc1cnc(C(N)c2ccc(C(F)(F)F)cc2)s1. The maximum atomic E-state index is 12.4. The number of benzene rings is 1. The molecule has 1 heterocycles. The first-order valence-corrected chi connectivity index (χ1v) is 6.04. The van der Waals surface area contributed by atoms with Gasteiger partial charge in [-0.1, -0.05) is 12.1 Å². The molecule has 6 heteroatoms. The zero-order valence-corrected chi connectivity index (χ0v) is 10.3. The molecule has 2 aromatic rings. The minimum atomic E-state index is -4.32. The summed E-state index contributed by atoms with van der Waals surface area (Å²) in [6, 6.07) is 4.38. The van der Waals surface area contributed by atoms with E-state index in [1.54, 1.807) is 6.20 Å². The van der Waals surface area contributed by atoms with Gasteiger partial charge in [-0.25, -0.2) is 4.98 Å². The smallest absolute Gasteiger partial charge is 0.318 e. The molecule has 0 aliphatic rings. The summed E-state index contributed by atoms with van der Waals surface area (Å²) in [6.07, 6.45) is -2.62. The Labute approximate surface area is 106 Å². The Morgan fingerprint density at radius 3 is 2.28 bits per heavy atom. The van der Waals surface area contributed by atoms with Crippen molar-refractivity contribution < 1.29 is 13.2 Å². The van der Waals surface area contributed by atoms with Crippen molar-refractivity contribution in [2.75, 3.05) is 0 Å². The van der Waals surface area contributed by atoms with E-state index in [0.717, 1.165) is 17.0 Å². The third-order valence-corrected chi connectivity index (χ3v) is 3.50. The average molecular weight is 272 g/mol. The van der Waals surface area contributed by atoms with Crippen molar-refractivity contribution in [1.29, 1.82) is 0 Å². The maximum Gasteiger partial charge on any atom is 0.416 e. The Balaban J connectivity index is 2.24. The van der Waals surface area contributed by atoms with Crippen LogP contribution in [0.1, 0.15) is 27.1 Å². The van der Waals surface area contributed by atoms with Crippen LogP contribution >= 0.6 is 11.3 Å². The quantitative estimate of drug-likeness (QED) is 0.908. The first-order valence-electron chi connectivity index (χ1n) is 5.23. The Kier molecular flexibility index (Phi) is 3.41. The van der Waals surface area contributed by atoms with Gasteiger partial charge >= 0.3 is 6.18 Å². The average Bonchev–Trinajstić information content (AvgIpc) is 2.74. The van der Waals surface area contributed by atoms with Gasteiger partial charge in [-0.2, -0.15) is 13.2 Å². The van der Waals surface area contributed by atoms with E-state index < -0.39 is 17.8 Å². The number of rotatable bonds is 2. The van der Waals surface area contributed by atoms with E-state index in [1.807, 2.05) is 6.92 Å². The predicted octanol–water partition coefficient (Wildman–Crippen LogP) is 3.52. The highest BCUT2D eigenvalue weighted by molar-refractivity contribution is 7.11.